The van der Waals surface area contributed by atoms with Crippen LogP contribution in [0.4, 0.5) is 11.5 Å². The number of amides is 1. The number of nitrogens with zero attached hydrogens (tertiary/aromatic N) is 3. The summed E-state index contributed by atoms with van der Waals surface area (Å²) in [5.74, 6) is -0.262. The molecule has 0 saturated carbocycles. The van der Waals surface area contributed by atoms with Crippen LogP contribution in [0.1, 0.15) is 26.4 Å². The van der Waals surface area contributed by atoms with E-state index in [-0.39, 0.29) is 11.6 Å². The van der Waals surface area contributed by atoms with Gasteiger partial charge in [-0.05, 0) is 17.7 Å². The number of carbonyl (C=O) groups is 2. The summed E-state index contributed by atoms with van der Waals surface area (Å²) in [5, 5.41) is 3.02. The van der Waals surface area contributed by atoms with Crippen LogP contribution in [0.3, 0.4) is 0 Å². The molecule has 1 aromatic heterocycles. The van der Waals surface area contributed by atoms with Crippen molar-refractivity contribution in [3.05, 3.63) is 83.8 Å². The molecule has 7 heteroatoms. The zero-order chi connectivity index (χ0) is 19.9. The van der Waals surface area contributed by atoms with Gasteiger partial charge in [0.15, 0.2) is 0 Å². The standard InChI is InChI=1S/C21H20N4O3/c1-25(14-15-8-4-3-5-9-15)20(26)18-12-23-19(13-22-18)24-17-11-7-6-10-16(17)21(27)28-2/h3-13H,14H2,1-2H3,(H,23,24). The predicted molar refractivity (Wildman–Crippen MR) is 105 cm³/mol. The summed E-state index contributed by atoms with van der Waals surface area (Å²) < 4.78 is 4.78. The van der Waals surface area contributed by atoms with E-state index < -0.39 is 5.97 Å². The number of para-hydroxylation sites is 1. The number of carbonyl (C=O) groups excluding carboxylic acids is 2. The van der Waals surface area contributed by atoms with Gasteiger partial charge in [-0.1, -0.05) is 42.5 Å². The van der Waals surface area contributed by atoms with Crippen molar-refractivity contribution in [2.24, 2.45) is 0 Å². The lowest BCUT2D eigenvalue weighted by atomic mass is 10.2. The van der Waals surface area contributed by atoms with Crippen molar-refractivity contribution < 1.29 is 14.3 Å². The Kier molecular flexibility index (Phi) is 5.96. The van der Waals surface area contributed by atoms with Crippen molar-refractivity contribution in [2.75, 3.05) is 19.5 Å². The largest absolute Gasteiger partial charge is 0.465 e. The molecule has 0 aliphatic rings. The van der Waals surface area contributed by atoms with Gasteiger partial charge in [0.1, 0.15) is 11.5 Å². The van der Waals surface area contributed by atoms with E-state index in [1.54, 1.807) is 36.2 Å². The first-order chi connectivity index (χ1) is 13.6. The van der Waals surface area contributed by atoms with Gasteiger partial charge in [0, 0.05) is 13.6 Å². The van der Waals surface area contributed by atoms with E-state index in [9.17, 15) is 9.59 Å². The topological polar surface area (TPSA) is 84.4 Å². The predicted octanol–water partition coefficient (Wildman–Crippen LogP) is 3.28. The zero-order valence-electron chi connectivity index (χ0n) is 15.6. The lowest BCUT2D eigenvalue weighted by Crippen LogP contribution is -2.27. The summed E-state index contributed by atoms with van der Waals surface area (Å²) in [6, 6.07) is 16.6. The molecule has 1 amide bonds. The Labute approximate surface area is 163 Å². The van der Waals surface area contributed by atoms with Crippen LogP contribution in [0.15, 0.2) is 67.0 Å². The summed E-state index contributed by atoms with van der Waals surface area (Å²) >= 11 is 0. The third-order valence-electron chi connectivity index (χ3n) is 4.08. The SMILES string of the molecule is COC(=O)c1ccccc1Nc1cnc(C(=O)N(C)Cc2ccccc2)cn1. The van der Waals surface area contributed by atoms with Crippen molar-refractivity contribution in [1.82, 2.24) is 14.9 Å². The van der Waals surface area contributed by atoms with Crippen molar-refractivity contribution in [2.45, 2.75) is 6.54 Å². The van der Waals surface area contributed by atoms with Crippen LogP contribution in [0.2, 0.25) is 0 Å². The lowest BCUT2D eigenvalue weighted by molar-refractivity contribution is 0.0601. The number of hydrogen-bond donors (Lipinski definition) is 1. The molecule has 0 unspecified atom stereocenters. The Hall–Kier alpha value is -3.74. The number of nitrogens with one attached hydrogen (secondary N) is 1. The summed E-state index contributed by atoms with van der Waals surface area (Å²) in [7, 11) is 3.04. The maximum absolute atomic E-state index is 12.5. The van der Waals surface area contributed by atoms with Crippen LogP contribution >= 0.6 is 0 Å². The van der Waals surface area contributed by atoms with Crippen molar-refractivity contribution in [1.29, 1.82) is 0 Å². The zero-order valence-corrected chi connectivity index (χ0v) is 15.6. The van der Waals surface area contributed by atoms with Gasteiger partial charge in [-0.15, -0.1) is 0 Å². The Morgan fingerprint density at radius 2 is 1.71 bits per heavy atom. The molecule has 3 rings (SSSR count). The minimum atomic E-state index is -0.453. The first kappa shape index (κ1) is 19.0. The summed E-state index contributed by atoms with van der Waals surface area (Å²) in [6.45, 7) is 0.480. The first-order valence-electron chi connectivity index (χ1n) is 8.64. The fourth-order valence-electron chi connectivity index (χ4n) is 2.65. The Bertz CT molecular complexity index is 959. The molecule has 2 aromatic carbocycles. The lowest BCUT2D eigenvalue weighted by Gasteiger charge is -2.17. The average Bonchev–Trinajstić information content (AvgIpc) is 2.74. The molecule has 0 fully saturated rings. The maximum Gasteiger partial charge on any atom is 0.339 e. The molecular formula is C21H20N4O3. The molecule has 28 heavy (non-hydrogen) atoms. The quantitative estimate of drug-likeness (QED) is 0.665. The molecule has 7 nitrogen and oxygen atoms in total. The van der Waals surface area contributed by atoms with Gasteiger partial charge in [0.25, 0.3) is 5.91 Å². The maximum atomic E-state index is 12.5. The van der Waals surface area contributed by atoms with Crippen LogP contribution < -0.4 is 5.32 Å². The molecule has 0 spiro atoms. The number of aromatic nitrogens is 2. The highest BCUT2D eigenvalue weighted by atomic mass is 16.5. The molecule has 0 atom stereocenters. The summed E-state index contributed by atoms with van der Waals surface area (Å²) in [5.41, 5.74) is 2.20. The second kappa shape index (κ2) is 8.77. The minimum absolute atomic E-state index is 0.224. The van der Waals surface area contributed by atoms with Crippen LogP contribution in [0, 0.1) is 0 Å². The van der Waals surface area contributed by atoms with Crippen LogP contribution in [-0.4, -0.2) is 40.9 Å². The molecule has 1 N–H and O–H groups in total. The third-order valence-corrected chi connectivity index (χ3v) is 4.08. The molecule has 0 bridgehead atoms. The Morgan fingerprint density at radius 1 is 1.00 bits per heavy atom. The highest BCUT2D eigenvalue weighted by Crippen LogP contribution is 2.20. The molecular weight excluding hydrogens is 356 g/mol. The molecule has 0 saturated heterocycles. The van der Waals surface area contributed by atoms with E-state index in [0.29, 0.717) is 23.6 Å². The van der Waals surface area contributed by atoms with Gasteiger partial charge in [0.05, 0.1) is 30.8 Å². The molecule has 0 aliphatic carbocycles. The average molecular weight is 376 g/mol. The van der Waals surface area contributed by atoms with E-state index in [1.165, 1.54) is 19.5 Å². The summed E-state index contributed by atoms with van der Waals surface area (Å²) in [6.07, 6.45) is 2.87. The number of hydrogen-bond acceptors (Lipinski definition) is 6. The van der Waals surface area contributed by atoms with Gasteiger partial charge in [-0.2, -0.15) is 0 Å². The highest BCUT2D eigenvalue weighted by molar-refractivity contribution is 5.96. The second-order valence-electron chi connectivity index (χ2n) is 6.10. The smallest absolute Gasteiger partial charge is 0.339 e. The molecule has 0 radical (unpaired) electrons. The van der Waals surface area contributed by atoms with E-state index >= 15 is 0 Å². The van der Waals surface area contributed by atoms with Crippen molar-refractivity contribution in [3.8, 4) is 0 Å². The van der Waals surface area contributed by atoms with E-state index in [1.807, 2.05) is 30.3 Å². The fraction of sp³-hybridized carbons (Fsp3) is 0.143. The molecule has 142 valence electrons. The molecule has 3 aromatic rings. The molecule has 0 aliphatic heterocycles. The highest BCUT2D eigenvalue weighted by Gasteiger charge is 2.15. The van der Waals surface area contributed by atoms with Gasteiger partial charge < -0.3 is 15.0 Å². The number of benzene rings is 2. The number of methoxy groups -OCH3 is 1. The van der Waals surface area contributed by atoms with E-state index in [4.69, 9.17) is 4.74 Å². The van der Waals surface area contributed by atoms with E-state index in [2.05, 4.69) is 15.3 Å². The third kappa shape index (κ3) is 4.50. The van der Waals surface area contributed by atoms with Crippen LogP contribution in [-0.2, 0) is 11.3 Å². The monoisotopic (exact) mass is 376 g/mol. The number of rotatable bonds is 6. The normalized spacial score (nSPS) is 10.2. The van der Waals surface area contributed by atoms with Crippen molar-refractivity contribution in [3.63, 3.8) is 0 Å². The molecule has 1 heterocycles. The van der Waals surface area contributed by atoms with Crippen molar-refractivity contribution >= 4 is 23.4 Å². The van der Waals surface area contributed by atoms with Crippen LogP contribution in [0.5, 0.6) is 0 Å². The summed E-state index contributed by atoms with van der Waals surface area (Å²) in [4.78, 5) is 34.4. The minimum Gasteiger partial charge on any atom is -0.465 e. The van der Waals surface area contributed by atoms with Gasteiger partial charge >= 0.3 is 5.97 Å². The number of esters is 1. The van der Waals surface area contributed by atoms with Gasteiger partial charge in [-0.25, -0.2) is 14.8 Å². The van der Waals surface area contributed by atoms with E-state index in [0.717, 1.165) is 5.56 Å². The Balaban J connectivity index is 1.70. The fourth-order valence-corrected chi connectivity index (χ4v) is 2.65. The Morgan fingerprint density at radius 3 is 2.39 bits per heavy atom. The second-order valence-corrected chi connectivity index (χ2v) is 6.10. The van der Waals surface area contributed by atoms with Gasteiger partial charge in [0.2, 0.25) is 0 Å². The number of anilines is 2. The first-order valence-corrected chi connectivity index (χ1v) is 8.64. The number of ether oxygens (including phenoxy) is 1. The van der Waals surface area contributed by atoms with Crippen LogP contribution in [0.25, 0.3) is 0 Å². The van der Waals surface area contributed by atoms with Gasteiger partial charge in [-0.3, -0.25) is 4.79 Å².